The van der Waals surface area contributed by atoms with Gasteiger partial charge in [-0.15, -0.1) is 0 Å². The zero-order valence-electron chi connectivity index (χ0n) is 12.0. The highest BCUT2D eigenvalue weighted by Gasteiger charge is 2.07. The Bertz CT molecular complexity index is 595. The lowest BCUT2D eigenvalue weighted by Crippen LogP contribution is -2.04. The number of pyridine rings is 1. The largest absolute Gasteiger partial charge is 0.478 e. The van der Waals surface area contributed by atoms with Gasteiger partial charge in [0.15, 0.2) is 0 Å². The van der Waals surface area contributed by atoms with Gasteiger partial charge in [0.2, 0.25) is 11.8 Å². The lowest BCUT2D eigenvalue weighted by atomic mass is 10.2. The summed E-state index contributed by atoms with van der Waals surface area (Å²) in [6.07, 6.45) is 0. The molecule has 1 heterocycles. The molecule has 5 nitrogen and oxygen atoms in total. The number of aromatic nitrogens is 1. The fourth-order valence-corrected chi connectivity index (χ4v) is 1.68. The zero-order valence-corrected chi connectivity index (χ0v) is 12.0. The number of ether oxygens (including phenoxy) is 3. The van der Waals surface area contributed by atoms with Crippen LogP contribution in [0.4, 0.5) is 0 Å². The van der Waals surface area contributed by atoms with Crippen LogP contribution in [0.5, 0.6) is 17.5 Å². The average molecular weight is 287 g/mol. The highest BCUT2D eigenvalue weighted by molar-refractivity contribution is 5.89. The minimum Gasteiger partial charge on any atom is -0.478 e. The van der Waals surface area contributed by atoms with Gasteiger partial charge in [-0.3, -0.25) is 0 Å². The topological polar surface area (TPSA) is 57.7 Å². The Morgan fingerprint density at radius 2 is 1.71 bits per heavy atom. The molecule has 0 aliphatic carbocycles. The summed E-state index contributed by atoms with van der Waals surface area (Å²) in [7, 11) is 0. The van der Waals surface area contributed by atoms with Crippen LogP contribution in [0.3, 0.4) is 0 Å². The Morgan fingerprint density at radius 1 is 1.00 bits per heavy atom. The molecule has 2 rings (SSSR count). The molecule has 1 aromatic carbocycles. The molecular formula is C16H17NO4. The fraction of sp³-hybridized carbons (Fsp3) is 0.250. The first-order valence-corrected chi connectivity index (χ1v) is 6.77. The number of hydrogen-bond donors (Lipinski definition) is 0. The van der Waals surface area contributed by atoms with E-state index in [1.54, 1.807) is 49.4 Å². The predicted octanol–water partition coefficient (Wildman–Crippen LogP) is 3.45. The summed E-state index contributed by atoms with van der Waals surface area (Å²) in [4.78, 5) is 15.7. The Hall–Kier alpha value is -2.56. The molecule has 0 radical (unpaired) electrons. The van der Waals surface area contributed by atoms with Crippen LogP contribution in [0.25, 0.3) is 0 Å². The Labute approximate surface area is 123 Å². The maximum atomic E-state index is 11.5. The minimum absolute atomic E-state index is 0.347. The molecule has 0 aliphatic rings. The van der Waals surface area contributed by atoms with Gasteiger partial charge in [0.05, 0.1) is 18.8 Å². The molecule has 0 atom stereocenters. The number of carbonyl (C=O) groups excluding carboxylic acids is 1. The summed E-state index contributed by atoms with van der Waals surface area (Å²) in [5.74, 6) is 1.19. The quantitative estimate of drug-likeness (QED) is 0.762. The van der Waals surface area contributed by atoms with Crippen LogP contribution in [0.2, 0.25) is 0 Å². The van der Waals surface area contributed by atoms with Crippen LogP contribution in [0.1, 0.15) is 24.2 Å². The molecular weight excluding hydrogens is 270 g/mol. The molecule has 0 N–H and O–H groups in total. The number of esters is 1. The van der Waals surface area contributed by atoms with Crippen molar-refractivity contribution in [3.63, 3.8) is 0 Å². The van der Waals surface area contributed by atoms with Gasteiger partial charge in [-0.05, 0) is 38.1 Å². The molecule has 2 aromatic rings. The third kappa shape index (κ3) is 4.21. The van der Waals surface area contributed by atoms with Crippen molar-refractivity contribution < 1.29 is 19.0 Å². The highest BCUT2D eigenvalue weighted by atomic mass is 16.5. The number of benzene rings is 1. The summed E-state index contributed by atoms with van der Waals surface area (Å²) in [6, 6.07) is 12.0. The van der Waals surface area contributed by atoms with Crippen LogP contribution in [0, 0.1) is 0 Å². The Balaban J connectivity index is 2.06. The maximum absolute atomic E-state index is 11.5. The van der Waals surface area contributed by atoms with E-state index >= 15 is 0 Å². The summed E-state index contributed by atoms with van der Waals surface area (Å²) in [6.45, 7) is 4.56. The minimum atomic E-state index is -0.347. The van der Waals surface area contributed by atoms with Gasteiger partial charge in [-0.2, -0.15) is 4.98 Å². The van der Waals surface area contributed by atoms with Crippen LogP contribution in [0.15, 0.2) is 42.5 Å². The van der Waals surface area contributed by atoms with Crippen LogP contribution >= 0.6 is 0 Å². The molecule has 1 aromatic heterocycles. The van der Waals surface area contributed by atoms with Crippen molar-refractivity contribution in [2.45, 2.75) is 13.8 Å². The molecule has 21 heavy (non-hydrogen) atoms. The van der Waals surface area contributed by atoms with Gasteiger partial charge in [0.25, 0.3) is 0 Å². The van der Waals surface area contributed by atoms with Gasteiger partial charge in [0.1, 0.15) is 5.75 Å². The Kier molecular flexibility index (Phi) is 5.15. The highest BCUT2D eigenvalue weighted by Crippen LogP contribution is 2.22. The van der Waals surface area contributed by atoms with Crippen molar-refractivity contribution in [3.05, 3.63) is 48.0 Å². The standard InChI is InChI=1S/C16H17NO4/c1-3-19-14-6-5-7-15(17-14)21-13-10-8-12(9-11-13)16(18)20-4-2/h5-11H,3-4H2,1-2H3. The second-order valence-electron chi connectivity index (χ2n) is 4.09. The number of carbonyl (C=O) groups is 1. The molecule has 0 unspecified atom stereocenters. The molecule has 0 aliphatic heterocycles. The van der Waals surface area contributed by atoms with Crippen molar-refractivity contribution in [2.24, 2.45) is 0 Å². The summed E-state index contributed by atoms with van der Waals surface area (Å²) >= 11 is 0. The number of nitrogens with zero attached hydrogens (tertiary/aromatic N) is 1. The monoisotopic (exact) mass is 287 g/mol. The van der Waals surface area contributed by atoms with Gasteiger partial charge in [0, 0.05) is 12.1 Å². The van der Waals surface area contributed by atoms with E-state index in [0.29, 0.717) is 36.3 Å². The van der Waals surface area contributed by atoms with Gasteiger partial charge in [-0.1, -0.05) is 6.07 Å². The normalized spacial score (nSPS) is 10.0. The molecule has 5 heteroatoms. The zero-order chi connectivity index (χ0) is 15.1. The SMILES string of the molecule is CCOC(=O)c1ccc(Oc2cccc(OCC)n2)cc1. The first-order valence-electron chi connectivity index (χ1n) is 6.77. The lowest BCUT2D eigenvalue weighted by molar-refractivity contribution is 0.0526. The van der Waals surface area contributed by atoms with E-state index in [2.05, 4.69) is 4.98 Å². The van der Waals surface area contributed by atoms with E-state index in [4.69, 9.17) is 14.2 Å². The van der Waals surface area contributed by atoms with Crippen LogP contribution < -0.4 is 9.47 Å². The van der Waals surface area contributed by atoms with Crippen LogP contribution in [-0.2, 0) is 4.74 Å². The number of rotatable bonds is 6. The first kappa shape index (κ1) is 14.8. The predicted molar refractivity (Wildman–Crippen MR) is 77.9 cm³/mol. The molecule has 0 saturated carbocycles. The van der Waals surface area contributed by atoms with Gasteiger partial charge < -0.3 is 14.2 Å². The summed E-state index contributed by atoms with van der Waals surface area (Å²) in [5, 5.41) is 0. The van der Waals surface area contributed by atoms with Crippen molar-refractivity contribution in [1.29, 1.82) is 0 Å². The van der Waals surface area contributed by atoms with Crippen molar-refractivity contribution in [2.75, 3.05) is 13.2 Å². The van der Waals surface area contributed by atoms with Crippen molar-refractivity contribution in [1.82, 2.24) is 4.98 Å². The molecule has 0 amide bonds. The van der Waals surface area contributed by atoms with E-state index in [9.17, 15) is 4.79 Å². The fourth-order valence-electron chi connectivity index (χ4n) is 1.68. The van der Waals surface area contributed by atoms with E-state index in [1.807, 2.05) is 6.92 Å². The van der Waals surface area contributed by atoms with Gasteiger partial charge in [-0.25, -0.2) is 4.79 Å². The third-order valence-electron chi connectivity index (χ3n) is 2.58. The van der Waals surface area contributed by atoms with E-state index in [-0.39, 0.29) is 5.97 Å². The maximum Gasteiger partial charge on any atom is 0.338 e. The summed E-state index contributed by atoms with van der Waals surface area (Å²) in [5.41, 5.74) is 0.486. The van der Waals surface area contributed by atoms with E-state index < -0.39 is 0 Å². The van der Waals surface area contributed by atoms with Crippen molar-refractivity contribution in [3.8, 4) is 17.5 Å². The van der Waals surface area contributed by atoms with E-state index in [1.165, 1.54) is 0 Å². The lowest BCUT2D eigenvalue weighted by Gasteiger charge is -2.07. The second kappa shape index (κ2) is 7.28. The molecule has 0 saturated heterocycles. The number of hydrogen-bond acceptors (Lipinski definition) is 5. The molecule has 0 fully saturated rings. The van der Waals surface area contributed by atoms with Crippen LogP contribution in [-0.4, -0.2) is 24.2 Å². The molecule has 110 valence electrons. The molecule has 0 spiro atoms. The Morgan fingerprint density at radius 3 is 2.38 bits per heavy atom. The first-order chi connectivity index (χ1) is 10.2. The summed E-state index contributed by atoms with van der Waals surface area (Å²) < 4.78 is 15.8. The smallest absolute Gasteiger partial charge is 0.338 e. The third-order valence-corrected chi connectivity index (χ3v) is 2.58. The molecule has 0 bridgehead atoms. The second-order valence-corrected chi connectivity index (χ2v) is 4.09. The van der Waals surface area contributed by atoms with Gasteiger partial charge >= 0.3 is 5.97 Å². The van der Waals surface area contributed by atoms with Crippen molar-refractivity contribution >= 4 is 5.97 Å². The average Bonchev–Trinajstić information content (AvgIpc) is 2.49. The van der Waals surface area contributed by atoms with E-state index in [0.717, 1.165) is 0 Å².